The topological polar surface area (TPSA) is 126 Å². The molecule has 12 nitrogen and oxygen atoms in total. The van der Waals surface area contributed by atoms with E-state index >= 15 is 0 Å². The molecule has 17 heteroatoms. The highest BCUT2D eigenvalue weighted by Crippen LogP contribution is 2.35. The third-order valence-electron chi connectivity index (χ3n) is 6.66. The lowest BCUT2D eigenvalue weighted by atomic mass is 10.3. The second kappa shape index (κ2) is 16.9. The number of hydrogen-bond acceptors (Lipinski definition) is 13. The summed E-state index contributed by atoms with van der Waals surface area (Å²) in [7, 11) is 3.72. The number of thiophene rings is 2. The molecule has 0 radical (unpaired) electrons. The van der Waals surface area contributed by atoms with Crippen LogP contribution in [0.15, 0.2) is 12.1 Å². The Morgan fingerprint density at radius 3 is 1.69 bits per heavy atom. The van der Waals surface area contributed by atoms with Crippen LogP contribution in [0.3, 0.4) is 0 Å². The Kier molecular flexibility index (Phi) is 13.3. The molecule has 4 aromatic rings. The Hall–Kier alpha value is -2.43. The summed E-state index contributed by atoms with van der Waals surface area (Å²) in [4.78, 5) is 46.4. The second-order valence-corrected chi connectivity index (χ2v) is 13.5. The van der Waals surface area contributed by atoms with E-state index in [2.05, 4.69) is 52.7 Å². The first kappa shape index (κ1) is 35.4. The van der Waals surface area contributed by atoms with Crippen LogP contribution in [0.1, 0.15) is 23.6 Å². The van der Waals surface area contributed by atoms with Crippen molar-refractivity contribution < 1.29 is 19.1 Å². The maximum atomic E-state index is 11.4. The van der Waals surface area contributed by atoms with E-state index in [9.17, 15) is 9.59 Å². The number of ether oxygens (including phenoxy) is 2. The molecule has 244 valence electrons. The van der Waals surface area contributed by atoms with Gasteiger partial charge in [0.2, 0.25) is 21.7 Å². The number of anilines is 2. The molecule has 0 unspecified atom stereocenters. The number of amides is 1. The zero-order valence-corrected chi connectivity index (χ0v) is 29.3. The van der Waals surface area contributed by atoms with Crippen LogP contribution in [0.2, 0.25) is 10.6 Å². The maximum Gasteiger partial charge on any atom is 0.224 e. The number of morpholine rings is 2. The molecule has 6 rings (SSSR count). The Morgan fingerprint density at radius 2 is 1.27 bits per heavy atom. The van der Waals surface area contributed by atoms with Crippen LogP contribution in [0.5, 0.6) is 0 Å². The van der Waals surface area contributed by atoms with Crippen molar-refractivity contribution in [2.24, 2.45) is 0 Å². The van der Waals surface area contributed by atoms with Gasteiger partial charge in [-0.05, 0) is 54.0 Å². The highest BCUT2D eigenvalue weighted by atomic mass is 35.5. The fraction of sp³-hybridized carbons (Fsp3) is 0.500. The van der Waals surface area contributed by atoms with Gasteiger partial charge in [-0.2, -0.15) is 9.97 Å². The molecule has 0 saturated carbocycles. The Labute approximate surface area is 284 Å². The van der Waals surface area contributed by atoms with Gasteiger partial charge < -0.3 is 29.5 Å². The van der Waals surface area contributed by atoms with Crippen molar-refractivity contribution >= 4 is 101 Å². The number of carbonyl (C=O) groups excluding carboxylic acids is 2. The minimum Gasteiger partial charge on any atom is -0.378 e. The fourth-order valence-electron chi connectivity index (χ4n) is 4.54. The van der Waals surface area contributed by atoms with Gasteiger partial charge in [-0.25, -0.2) is 9.97 Å². The average Bonchev–Trinajstić information content (AvgIpc) is 3.60. The quantitative estimate of drug-likeness (QED) is 0.218. The highest BCUT2D eigenvalue weighted by molar-refractivity contribution is 7.20. The van der Waals surface area contributed by atoms with Gasteiger partial charge in [0.05, 0.1) is 53.4 Å². The van der Waals surface area contributed by atoms with Gasteiger partial charge >= 0.3 is 0 Å². The van der Waals surface area contributed by atoms with Crippen molar-refractivity contribution in [3.05, 3.63) is 32.5 Å². The number of halogens is 3. The number of nitrogens with zero attached hydrogens (tertiary/aromatic N) is 7. The van der Waals surface area contributed by atoms with Crippen molar-refractivity contribution in [3.8, 4) is 0 Å². The van der Waals surface area contributed by atoms with E-state index in [-0.39, 0.29) is 16.4 Å². The van der Waals surface area contributed by atoms with Gasteiger partial charge in [0.15, 0.2) is 11.6 Å². The van der Waals surface area contributed by atoms with Gasteiger partial charge in [0.25, 0.3) is 0 Å². The van der Waals surface area contributed by atoms with E-state index in [1.807, 2.05) is 13.1 Å². The van der Waals surface area contributed by atoms with Crippen LogP contribution in [0.4, 0.5) is 11.6 Å². The van der Waals surface area contributed by atoms with Crippen LogP contribution in [-0.2, 0) is 32.2 Å². The molecule has 0 spiro atoms. The van der Waals surface area contributed by atoms with Crippen LogP contribution >= 0.6 is 57.5 Å². The van der Waals surface area contributed by atoms with Gasteiger partial charge in [-0.3, -0.25) is 9.59 Å². The average molecular weight is 718 g/mol. The molecule has 1 N–H and O–H groups in total. The molecule has 2 saturated heterocycles. The standard InChI is InChI=1S/C14H17ClN4O2S.C12H15ClN4OS.C2H3ClO/c1-9(20)18(2)8-10-7-11-12(22-10)13(17-14(15)16-11)19-3-5-21-6-4-19;1-14-7-8-6-9-10(19-8)11(16-12(13)15-9)17-2-4-18-5-3-17;1-2(3)4/h7H,3-6,8H2,1-2H3;6,14H,2-5,7H2,1H3;1H3. The monoisotopic (exact) mass is 716 g/mol. The molecule has 2 aliphatic rings. The third kappa shape index (κ3) is 10.0. The number of aromatic nitrogens is 4. The molecule has 0 aliphatic carbocycles. The zero-order valence-electron chi connectivity index (χ0n) is 25.4. The van der Waals surface area contributed by atoms with Crippen molar-refractivity contribution in [3.63, 3.8) is 0 Å². The molecule has 1 amide bonds. The largest absolute Gasteiger partial charge is 0.378 e. The highest BCUT2D eigenvalue weighted by Gasteiger charge is 2.21. The van der Waals surface area contributed by atoms with E-state index in [0.29, 0.717) is 25.0 Å². The number of fused-ring (bicyclic) bond motifs is 2. The maximum absolute atomic E-state index is 11.4. The smallest absolute Gasteiger partial charge is 0.224 e. The SMILES string of the molecule is CC(=O)Cl.CC(=O)N(C)Cc1cc2nc(Cl)nc(N3CCOCC3)c2s1.CNCc1cc2nc(Cl)nc(N3CCOCC3)c2s1. The van der Waals surface area contributed by atoms with E-state index in [1.54, 1.807) is 41.5 Å². The lowest BCUT2D eigenvalue weighted by Gasteiger charge is -2.28. The number of nitrogens with one attached hydrogen (secondary N) is 1. The molecule has 6 heterocycles. The predicted molar refractivity (Wildman–Crippen MR) is 182 cm³/mol. The summed E-state index contributed by atoms with van der Waals surface area (Å²) in [5.74, 6) is 1.83. The van der Waals surface area contributed by atoms with E-state index in [1.165, 1.54) is 11.8 Å². The summed E-state index contributed by atoms with van der Waals surface area (Å²) >= 11 is 20.1. The van der Waals surface area contributed by atoms with Crippen LogP contribution in [0.25, 0.3) is 20.4 Å². The summed E-state index contributed by atoms with van der Waals surface area (Å²) in [6.07, 6.45) is 0. The first-order valence-electron chi connectivity index (χ1n) is 14.1. The van der Waals surface area contributed by atoms with Crippen molar-refractivity contribution in [2.45, 2.75) is 26.9 Å². The fourth-order valence-corrected chi connectivity index (χ4v) is 7.17. The van der Waals surface area contributed by atoms with Crippen molar-refractivity contribution in [2.75, 3.05) is 76.5 Å². The number of hydrogen-bond donors (Lipinski definition) is 1. The van der Waals surface area contributed by atoms with Gasteiger partial charge in [-0.1, -0.05) is 0 Å². The lowest BCUT2D eigenvalue weighted by Crippen LogP contribution is -2.36. The van der Waals surface area contributed by atoms with E-state index < -0.39 is 0 Å². The van der Waals surface area contributed by atoms with Crippen LogP contribution in [-0.4, -0.2) is 103 Å². The molecule has 0 aromatic carbocycles. The predicted octanol–water partition coefficient (Wildman–Crippen LogP) is 4.83. The second-order valence-electron chi connectivity index (χ2n) is 10.1. The van der Waals surface area contributed by atoms with Crippen molar-refractivity contribution in [1.29, 1.82) is 0 Å². The zero-order chi connectivity index (χ0) is 32.5. The van der Waals surface area contributed by atoms with Crippen LogP contribution in [0, 0.1) is 0 Å². The summed E-state index contributed by atoms with van der Waals surface area (Å²) < 4.78 is 12.9. The van der Waals surface area contributed by atoms with E-state index in [0.717, 1.165) is 82.9 Å². The summed E-state index contributed by atoms with van der Waals surface area (Å²) in [5.41, 5.74) is 1.76. The van der Waals surface area contributed by atoms with Gasteiger partial charge in [-0.15, -0.1) is 22.7 Å². The summed E-state index contributed by atoms with van der Waals surface area (Å²) in [6, 6.07) is 4.06. The summed E-state index contributed by atoms with van der Waals surface area (Å²) in [6.45, 7) is 10.4. The summed E-state index contributed by atoms with van der Waals surface area (Å²) in [5, 5.41) is 3.35. The first-order valence-corrected chi connectivity index (χ1v) is 16.9. The molecule has 2 fully saturated rings. The van der Waals surface area contributed by atoms with E-state index in [4.69, 9.17) is 32.7 Å². The van der Waals surface area contributed by atoms with Gasteiger partial charge in [0.1, 0.15) is 0 Å². The normalized spacial score (nSPS) is 14.9. The minimum absolute atomic E-state index is 0.0370. The first-order chi connectivity index (χ1) is 21.5. The minimum atomic E-state index is -0.361. The van der Waals surface area contributed by atoms with Crippen LogP contribution < -0.4 is 15.1 Å². The Balaban J connectivity index is 0.000000185. The molecule has 0 atom stereocenters. The Morgan fingerprint density at radius 1 is 0.844 bits per heavy atom. The molecular formula is C28H35Cl3N8O4S2. The molecule has 0 bridgehead atoms. The van der Waals surface area contributed by atoms with Gasteiger partial charge in [0, 0.05) is 63.4 Å². The third-order valence-corrected chi connectivity index (χ3v) is 9.22. The molecular weight excluding hydrogens is 683 g/mol. The Bertz CT molecular complexity index is 1610. The van der Waals surface area contributed by atoms with Crippen molar-refractivity contribution in [1.82, 2.24) is 30.2 Å². The molecule has 45 heavy (non-hydrogen) atoms. The molecule has 4 aromatic heterocycles. The lowest BCUT2D eigenvalue weighted by molar-refractivity contribution is -0.128. The number of rotatable bonds is 6. The molecule has 2 aliphatic heterocycles. The number of carbonyl (C=O) groups is 2.